The number of aromatic hydroxyl groups is 1. The van der Waals surface area contributed by atoms with Crippen LogP contribution in [-0.2, 0) is 0 Å². The van der Waals surface area contributed by atoms with Crippen molar-refractivity contribution in [1.82, 2.24) is 0 Å². The first-order valence-electron chi connectivity index (χ1n) is 9.56. The Morgan fingerprint density at radius 3 is 1.62 bits per heavy atom. The molecule has 5 aromatic rings. The topological polar surface area (TPSA) is 49.5 Å². The largest absolute Gasteiger partial charge is 0.504 e. The Hall–Kier alpha value is -3.98. The number of nitrogen functional groups attached to an aromatic ring is 1. The molecular formula is C26H20N2O. The number of fused-ring (bicyclic) bond motifs is 2. The molecule has 0 aliphatic carbocycles. The molecule has 140 valence electrons. The molecule has 0 amide bonds. The molecule has 0 heterocycles. The number of phenolic OH excluding ortho intramolecular Hbond substituents is 1. The summed E-state index contributed by atoms with van der Waals surface area (Å²) in [6.07, 6.45) is 0. The lowest BCUT2D eigenvalue weighted by Gasteiger charge is -2.27. The van der Waals surface area contributed by atoms with Crippen molar-refractivity contribution in [2.24, 2.45) is 0 Å². The number of hydrogen-bond donors (Lipinski definition) is 2. The van der Waals surface area contributed by atoms with Crippen LogP contribution in [0, 0.1) is 0 Å². The first kappa shape index (κ1) is 17.1. The monoisotopic (exact) mass is 376 g/mol. The van der Waals surface area contributed by atoms with E-state index < -0.39 is 0 Å². The highest BCUT2D eigenvalue weighted by Gasteiger charge is 2.18. The zero-order valence-electron chi connectivity index (χ0n) is 15.8. The van der Waals surface area contributed by atoms with Gasteiger partial charge in [-0.15, -0.1) is 0 Å². The Labute approximate surface area is 169 Å². The van der Waals surface area contributed by atoms with Gasteiger partial charge in [-0.05, 0) is 57.9 Å². The van der Waals surface area contributed by atoms with Crippen LogP contribution in [0.2, 0.25) is 0 Å². The summed E-state index contributed by atoms with van der Waals surface area (Å²) in [6, 6.07) is 34.6. The molecule has 3 N–H and O–H groups in total. The lowest BCUT2D eigenvalue weighted by molar-refractivity contribution is 0.479. The van der Waals surface area contributed by atoms with Crippen LogP contribution >= 0.6 is 0 Å². The van der Waals surface area contributed by atoms with Crippen molar-refractivity contribution in [3.8, 4) is 5.75 Å². The smallest absolute Gasteiger partial charge is 0.162 e. The maximum Gasteiger partial charge on any atom is 0.162 e. The summed E-state index contributed by atoms with van der Waals surface area (Å²) in [5.41, 5.74) is 8.94. The minimum Gasteiger partial charge on any atom is -0.504 e. The van der Waals surface area contributed by atoms with Gasteiger partial charge in [0.1, 0.15) is 0 Å². The maximum atomic E-state index is 10.8. The van der Waals surface area contributed by atoms with Crippen molar-refractivity contribution in [3.63, 3.8) is 0 Å². The average molecular weight is 376 g/mol. The molecule has 5 rings (SSSR count). The van der Waals surface area contributed by atoms with Crippen LogP contribution in [0.1, 0.15) is 0 Å². The fourth-order valence-electron chi connectivity index (χ4n) is 3.79. The molecule has 0 aliphatic heterocycles. The Balaban J connectivity index is 1.76. The third-order valence-corrected chi connectivity index (χ3v) is 5.27. The quantitative estimate of drug-likeness (QED) is 0.270. The molecule has 0 radical (unpaired) electrons. The highest BCUT2D eigenvalue weighted by atomic mass is 16.3. The summed E-state index contributed by atoms with van der Waals surface area (Å²) in [6.45, 7) is 0. The SMILES string of the molecule is Nc1cccc(N(c2ccc3ccccc3c2)c2ccc3ccccc3c2)c1O. The van der Waals surface area contributed by atoms with E-state index in [-0.39, 0.29) is 5.75 Å². The molecule has 3 nitrogen and oxygen atoms in total. The van der Waals surface area contributed by atoms with Crippen LogP contribution in [0.4, 0.5) is 22.7 Å². The fourth-order valence-corrected chi connectivity index (χ4v) is 3.79. The van der Waals surface area contributed by atoms with Gasteiger partial charge in [0.25, 0.3) is 0 Å². The number of nitrogens with two attached hydrogens (primary N) is 1. The molecule has 0 unspecified atom stereocenters. The van der Waals surface area contributed by atoms with Gasteiger partial charge in [0.05, 0.1) is 11.4 Å². The van der Waals surface area contributed by atoms with Crippen molar-refractivity contribution in [2.45, 2.75) is 0 Å². The molecule has 0 aromatic heterocycles. The van der Waals surface area contributed by atoms with E-state index in [2.05, 4.69) is 60.7 Å². The third-order valence-electron chi connectivity index (χ3n) is 5.27. The van der Waals surface area contributed by atoms with Crippen molar-refractivity contribution in [3.05, 3.63) is 103 Å². The zero-order chi connectivity index (χ0) is 19.8. The van der Waals surface area contributed by atoms with E-state index in [0.29, 0.717) is 11.4 Å². The standard InChI is InChI=1S/C26H20N2O/c27-24-10-5-11-25(26(24)29)28(22-14-12-18-6-1-3-8-20(18)16-22)23-15-13-19-7-2-4-9-21(19)17-23/h1-17,29H,27H2. The van der Waals surface area contributed by atoms with Crippen LogP contribution in [0.25, 0.3) is 21.5 Å². The van der Waals surface area contributed by atoms with Gasteiger partial charge in [0.2, 0.25) is 0 Å². The maximum absolute atomic E-state index is 10.8. The van der Waals surface area contributed by atoms with Crippen molar-refractivity contribution < 1.29 is 5.11 Å². The van der Waals surface area contributed by atoms with Gasteiger partial charge in [-0.3, -0.25) is 0 Å². The Kier molecular flexibility index (Phi) is 4.07. The van der Waals surface area contributed by atoms with Crippen molar-refractivity contribution in [1.29, 1.82) is 0 Å². The molecule has 0 saturated heterocycles. The van der Waals surface area contributed by atoms with Crippen molar-refractivity contribution >= 4 is 44.3 Å². The van der Waals surface area contributed by atoms with Gasteiger partial charge in [-0.1, -0.05) is 66.7 Å². The highest BCUT2D eigenvalue weighted by molar-refractivity contribution is 5.93. The van der Waals surface area contributed by atoms with Crippen LogP contribution in [0.15, 0.2) is 103 Å². The van der Waals surface area contributed by atoms with Gasteiger partial charge < -0.3 is 15.7 Å². The number of rotatable bonds is 3. The lowest BCUT2D eigenvalue weighted by Crippen LogP contribution is -2.10. The summed E-state index contributed by atoms with van der Waals surface area (Å²) in [5.74, 6) is 0.0776. The second kappa shape index (κ2) is 6.88. The number of nitrogens with zero attached hydrogens (tertiary/aromatic N) is 1. The zero-order valence-corrected chi connectivity index (χ0v) is 15.8. The van der Waals surface area contributed by atoms with E-state index >= 15 is 0 Å². The lowest BCUT2D eigenvalue weighted by atomic mass is 10.1. The van der Waals surface area contributed by atoms with Gasteiger partial charge in [-0.2, -0.15) is 0 Å². The number of anilines is 4. The molecule has 0 saturated carbocycles. The molecule has 5 aromatic carbocycles. The number of hydrogen-bond acceptors (Lipinski definition) is 3. The molecule has 0 spiro atoms. The minimum atomic E-state index is 0.0776. The summed E-state index contributed by atoms with van der Waals surface area (Å²) >= 11 is 0. The van der Waals surface area contributed by atoms with Crippen molar-refractivity contribution in [2.75, 3.05) is 10.6 Å². The van der Waals surface area contributed by atoms with E-state index in [1.807, 2.05) is 41.3 Å². The molecule has 3 heteroatoms. The van der Waals surface area contributed by atoms with E-state index in [9.17, 15) is 5.11 Å². The summed E-state index contributed by atoms with van der Waals surface area (Å²) in [4.78, 5) is 2.05. The van der Waals surface area contributed by atoms with Crippen LogP contribution in [-0.4, -0.2) is 5.11 Å². The Bertz CT molecular complexity index is 1260. The van der Waals surface area contributed by atoms with E-state index in [0.717, 1.165) is 22.1 Å². The Morgan fingerprint density at radius 2 is 1.07 bits per heavy atom. The number of phenols is 1. The summed E-state index contributed by atoms with van der Waals surface area (Å²) in [7, 11) is 0. The first-order chi connectivity index (χ1) is 14.2. The predicted octanol–water partition coefficient (Wildman–Crippen LogP) is 6.75. The molecular weight excluding hydrogens is 356 g/mol. The van der Waals surface area contributed by atoms with Crippen LogP contribution < -0.4 is 10.6 Å². The second-order valence-corrected chi connectivity index (χ2v) is 7.11. The molecule has 29 heavy (non-hydrogen) atoms. The van der Waals surface area contributed by atoms with E-state index in [1.54, 1.807) is 6.07 Å². The molecule has 0 atom stereocenters. The molecule has 0 bridgehead atoms. The normalized spacial score (nSPS) is 11.0. The summed E-state index contributed by atoms with van der Waals surface area (Å²) in [5, 5.41) is 15.4. The second-order valence-electron chi connectivity index (χ2n) is 7.11. The van der Waals surface area contributed by atoms with E-state index in [4.69, 9.17) is 5.73 Å². The predicted molar refractivity (Wildman–Crippen MR) is 122 cm³/mol. The van der Waals surface area contributed by atoms with Gasteiger partial charge in [-0.25, -0.2) is 0 Å². The van der Waals surface area contributed by atoms with Crippen LogP contribution in [0.5, 0.6) is 5.75 Å². The van der Waals surface area contributed by atoms with Gasteiger partial charge in [0, 0.05) is 11.4 Å². The van der Waals surface area contributed by atoms with Gasteiger partial charge >= 0.3 is 0 Å². The molecule has 0 fully saturated rings. The summed E-state index contributed by atoms with van der Waals surface area (Å²) < 4.78 is 0. The first-order valence-corrected chi connectivity index (χ1v) is 9.56. The van der Waals surface area contributed by atoms with Gasteiger partial charge in [0.15, 0.2) is 5.75 Å². The third kappa shape index (κ3) is 3.03. The molecule has 0 aliphatic rings. The van der Waals surface area contributed by atoms with E-state index in [1.165, 1.54) is 10.8 Å². The van der Waals surface area contributed by atoms with Crippen LogP contribution in [0.3, 0.4) is 0 Å². The minimum absolute atomic E-state index is 0.0776. The number of para-hydroxylation sites is 1. The number of benzene rings is 5. The highest BCUT2D eigenvalue weighted by Crippen LogP contribution is 2.43. The Morgan fingerprint density at radius 1 is 0.552 bits per heavy atom. The average Bonchev–Trinajstić information content (AvgIpc) is 2.77. The fraction of sp³-hybridized carbons (Fsp3) is 0.